The van der Waals surface area contributed by atoms with E-state index < -0.39 is 0 Å². The fraction of sp³-hybridized carbons (Fsp3) is 0.450. The molecule has 0 radical (unpaired) electrons. The fourth-order valence-corrected chi connectivity index (χ4v) is 4.45. The minimum absolute atomic E-state index is 0.268. The number of H-pyrrole nitrogens is 1. The van der Waals surface area contributed by atoms with Gasteiger partial charge in [0.2, 0.25) is 5.91 Å². The molecule has 2 aliphatic rings. The lowest BCUT2D eigenvalue weighted by Crippen LogP contribution is -2.49. The van der Waals surface area contributed by atoms with Crippen LogP contribution in [-0.4, -0.2) is 64.5 Å². The SMILES string of the molecule is Nc1cc2c(cn1)[nH]c1nccc(N3CCN(C(=O)C[C@@H]4CCCN4)CC3)c12. The van der Waals surface area contributed by atoms with Crippen molar-refractivity contribution in [2.75, 3.05) is 43.4 Å². The van der Waals surface area contributed by atoms with Crippen molar-refractivity contribution in [3.05, 3.63) is 24.5 Å². The van der Waals surface area contributed by atoms with Gasteiger partial charge >= 0.3 is 0 Å². The molecule has 8 heteroatoms. The fourth-order valence-electron chi connectivity index (χ4n) is 4.45. The molecule has 1 atom stereocenters. The molecular weight excluding hydrogens is 354 g/mol. The van der Waals surface area contributed by atoms with Crippen LogP contribution in [0.3, 0.4) is 0 Å². The van der Waals surface area contributed by atoms with E-state index in [1.807, 2.05) is 23.2 Å². The third kappa shape index (κ3) is 3.03. The van der Waals surface area contributed by atoms with Crippen LogP contribution in [0, 0.1) is 0 Å². The molecule has 2 saturated heterocycles. The number of aromatic nitrogens is 3. The Bertz CT molecular complexity index is 1020. The number of pyridine rings is 2. The summed E-state index contributed by atoms with van der Waals surface area (Å²) in [5.41, 5.74) is 8.81. The number of carbonyl (C=O) groups is 1. The van der Waals surface area contributed by atoms with Crippen molar-refractivity contribution < 1.29 is 4.79 Å². The Morgan fingerprint density at radius 1 is 1.25 bits per heavy atom. The molecule has 5 heterocycles. The molecular formula is C20H25N7O. The van der Waals surface area contributed by atoms with Crippen LogP contribution in [0.15, 0.2) is 24.5 Å². The number of nitrogens with one attached hydrogen (secondary N) is 2. The van der Waals surface area contributed by atoms with Crippen LogP contribution in [-0.2, 0) is 4.79 Å². The van der Waals surface area contributed by atoms with Gasteiger partial charge in [-0.2, -0.15) is 0 Å². The topological polar surface area (TPSA) is 103 Å². The largest absolute Gasteiger partial charge is 0.384 e. The monoisotopic (exact) mass is 379 g/mol. The summed E-state index contributed by atoms with van der Waals surface area (Å²) >= 11 is 0. The summed E-state index contributed by atoms with van der Waals surface area (Å²) in [4.78, 5) is 28.9. The van der Waals surface area contributed by atoms with Crippen LogP contribution < -0.4 is 16.0 Å². The Hall–Kier alpha value is -2.87. The second kappa shape index (κ2) is 6.94. The summed E-state index contributed by atoms with van der Waals surface area (Å²) in [6, 6.07) is 4.30. The van der Waals surface area contributed by atoms with Crippen LogP contribution in [0.25, 0.3) is 21.9 Å². The van der Waals surface area contributed by atoms with Crippen LogP contribution in [0.1, 0.15) is 19.3 Å². The van der Waals surface area contributed by atoms with Gasteiger partial charge in [0, 0.05) is 50.2 Å². The standard InChI is InChI=1S/C20H25N7O/c21-17-11-14-15(12-24-17)25-20-19(14)16(3-5-23-20)26-6-8-27(9-7-26)18(28)10-13-2-1-4-22-13/h3,5,11-13,22H,1-2,4,6-10H2,(H2,21,24)(H,23,25)/t13-/m0/s1. The number of rotatable bonds is 3. The van der Waals surface area contributed by atoms with Gasteiger partial charge in [-0.05, 0) is 31.5 Å². The van der Waals surface area contributed by atoms with E-state index in [0.717, 1.165) is 66.8 Å². The highest BCUT2D eigenvalue weighted by Gasteiger charge is 2.26. The summed E-state index contributed by atoms with van der Waals surface area (Å²) in [6.07, 6.45) is 6.48. The van der Waals surface area contributed by atoms with E-state index in [1.165, 1.54) is 6.42 Å². The summed E-state index contributed by atoms with van der Waals surface area (Å²) in [5, 5.41) is 5.53. The average molecular weight is 379 g/mol. The molecule has 3 aromatic rings. The lowest BCUT2D eigenvalue weighted by Gasteiger charge is -2.36. The summed E-state index contributed by atoms with van der Waals surface area (Å²) in [6.45, 7) is 4.17. The molecule has 1 amide bonds. The van der Waals surface area contributed by atoms with Gasteiger partial charge in [0.1, 0.15) is 11.5 Å². The second-order valence-electron chi connectivity index (χ2n) is 7.70. The third-order valence-electron chi connectivity index (χ3n) is 5.93. The second-order valence-corrected chi connectivity index (χ2v) is 7.70. The molecule has 5 rings (SSSR count). The maximum atomic E-state index is 12.6. The molecule has 28 heavy (non-hydrogen) atoms. The number of nitrogens with two attached hydrogens (primary N) is 1. The van der Waals surface area contributed by atoms with Crippen LogP contribution in [0.4, 0.5) is 11.5 Å². The van der Waals surface area contributed by atoms with Crippen molar-refractivity contribution in [3.8, 4) is 0 Å². The molecule has 2 fully saturated rings. The average Bonchev–Trinajstić information content (AvgIpc) is 3.35. The molecule has 8 nitrogen and oxygen atoms in total. The molecule has 0 aromatic carbocycles. The third-order valence-corrected chi connectivity index (χ3v) is 5.93. The highest BCUT2D eigenvalue weighted by molar-refractivity contribution is 6.12. The first-order valence-corrected chi connectivity index (χ1v) is 9.97. The smallest absolute Gasteiger partial charge is 0.224 e. The number of hydrogen-bond donors (Lipinski definition) is 3. The van der Waals surface area contributed by atoms with E-state index in [-0.39, 0.29) is 5.91 Å². The van der Waals surface area contributed by atoms with Gasteiger partial charge in [0.05, 0.1) is 22.8 Å². The number of nitrogens with zero attached hydrogens (tertiary/aromatic N) is 4. The summed E-state index contributed by atoms with van der Waals surface area (Å²) < 4.78 is 0. The van der Waals surface area contributed by atoms with Gasteiger partial charge in [-0.3, -0.25) is 4.79 Å². The van der Waals surface area contributed by atoms with E-state index in [1.54, 1.807) is 6.20 Å². The van der Waals surface area contributed by atoms with E-state index in [9.17, 15) is 4.79 Å². The van der Waals surface area contributed by atoms with Crippen molar-refractivity contribution >= 4 is 39.3 Å². The Labute approximate surface area is 163 Å². The van der Waals surface area contributed by atoms with E-state index in [0.29, 0.717) is 18.3 Å². The van der Waals surface area contributed by atoms with Crippen molar-refractivity contribution in [2.45, 2.75) is 25.3 Å². The van der Waals surface area contributed by atoms with Gasteiger partial charge < -0.3 is 25.8 Å². The maximum Gasteiger partial charge on any atom is 0.224 e. The normalized spacial score (nSPS) is 20.4. The zero-order chi connectivity index (χ0) is 19.1. The summed E-state index contributed by atoms with van der Waals surface area (Å²) in [7, 11) is 0. The van der Waals surface area contributed by atoms with E-state index in [4.69, 9.17) is 5.73 Å². The first-order valence-electron chi connectivity index (χ1n) is 9.97. The van der Waals surface area contributed by atoms with Crippen molar-refractivity contribution in [3.63, 3.8) is 0 Å². The van der Waals surface area contributed by atoms with Crippen molar-refractivity contribution in [1.29, 1.82) is 0 Å². The molecule has 0 spiro atoms. The lowest BCUT2D eigenvalue weighted by molar-refractivity contribution is -0.131. The number of piperazine rings is 1. The predicted molar refractivity (Wildman–Crippen MR) is 110 cm³/mol. The highest BCUT2D eigenvalue weighted by Crippen LogP contribution is 2.33. The zero-order valence-corrected chi connectivity index (χ0v) is 15.8. The number of hydrogen-bond acceptors (Lipinski definition) is 6. The molecule has 3 aromatic heterocycles. The van der Waals surface area contributed by atoms with Gasteiger partial charge in [-0.15, -0.1) is 0 Å². The van der Waals surface area contributed by atoms with Gasteiger partial charge in [-0.1, -0.05) is 0 Å². The van der Waals surface area contributed by atoms with Crippen molar-refractivity contribution in [2.24, 2.45) is 0 Å². The van der Waals surface area contributed by atoms with E-state index in [2.05, 4.69) is 25.2 Å². The number of fused-ring (bicyclic) bond motifs is 3. The molecule has 0 unspecified atom stereocenters. The minimum atomic E-state index is 0.268. The number of nitrogen functional groups attached to an aromatic ring is 1. The quantitative estimate of drug-likeness (QED) is 0.637. The Kier molecular flexibility index (Phi) is 4.27. The molecule has 0 bridgehead atoms. The number of amides is 1. The van der Waals surface area contributed by atoms with Crippen LogP contribution in [0.2, 0.25) is 0 Å². The molecule has 0 aliphatic carbocycles. The Morgan fingerprint density at radius 2 is 2.11 bits per heavy atom. The maximum absolute atomic E-state index is 12.6. The minimum Gasteiger partial charge on any atom is -0.384 e. The van der Waals surface area contributed by atoms with Crippen molar-refractivity contribution in [1.82, 2.24) is 25.2 Å². The zero-order valence-electron chi connectivity index (χ0n) is 15.8. The van der Waals surface area contributed by atoms with Gasteiger partial charge in [0.15, 0.2) is 0 Å². The van der Waals surface area contributed by atoms with Crippen LogP contribution >= 0.6 is 0 Å². The molecule has 146 valence electrons. The Balaban J connectivity index is 1.36. The molecule has 0 saturated carbocycles. The lowest BCUT2D eigenvalue weighted by atomic mass is 10.1. The summed E-state index contributed by atoms with van der Waals surface area (Å²) in [5.74, 6) is 0.768. The molecule has 4 N–H and O–H groups in total. The number of carbonyl (C=O) groups excluding carboxylic acids is 1. The Morgan fingerprint density at radius 3 is 2.89 bits per heavy atom. The predicted octanol–water partition coefficient (Wildman–Crippen LogP) is 1.48. The highest BCUT2D eigenvalue weighted by atomic mass is 16.2. The first kappa shape index (κ1) is 17.2. The number of anilines is 2. The molecule has 2 aliphatic heterocycles. The van der Waals surface area contributed by atoms with Crippen LogP contribution in [0.5, 0.6) is 0 Å². The van der Waals surface area contributed by atoms with E-state index >= 15 is 0 Å². The number of aromatic amines is 1. The van der Waals surface area contributed by atoms with Gasteiger partial charge in [-0.25, -0.2) is 9.97 Å². The van der Waals surface area contributed by atoms with Gasteiger partial charge in [0.25, 0.3) is 0 Å². The first-order chi connectivity index (χ1) is 13.7.